The summed E-state index contributed by atoms with van der Waals surface area (Å²) in [5.41, 5.74) is -0.0545. The molecule has 1 aromatic rings. The largest absolute Gasteiger partial charge is 0.381 e. The molecule has 3 aliphatic heterocycles. The Labute approximate surface area is 148 Å². The van der Waals surface area contributed by atoms with Crippen molar-refractivity contribution in [3.63, 3.8) is 0 Å². The van der Waals surface area contributed by atoms with E-state index in [2.05, 4.69) is 20.2 Å². The highest BCUT2D eigenvalue weighted by atomic mass is 19.1. The van der Waals surface area contributed by atoms with Crippen LogP contribution >= 0.6 is 0 Å². The van der Waals surface area contributed by atoms with Gasteiger partial charge in [0.2, 0.25) is 5.95 Å². The molecule has 25 heavy (non-hydrogen) atoms. The van der Waals surface area contributed by atoms with Crippen LogP contribution in [0.4, 0.5) is 10.3 Å². The van der Waals surface area contributed by atoms with Gasteiger partial charge in [-0.2, -0.15) is 0 Å². The average molecular weight is 350 g/mol. The van der Waals surface area contributed by atoms with E-state index in [4.69, 9.17) is 9.47 Å². The molecule has 7 heteroatoms. The van der Waals surface area contributed by atoms with E-state index in [0.717, 1.165) is 45.1 Å². The van der Waals surface area contributed by atoms with Crippen LogP contribution in [0.5, 0.6) is 0 Å². The lowest BCUT2D eigenvalue weighted by molar-refractivity contribution is -0.0580. The third kappa shape index (κ3) is 4.27. The second-order valence-corrected chi connectivity index (χ2v) is 7.66. The molecule has 3 saturated heterocycles. The lowest BCUT2D eigenvalue weighted by Gasteiger charge is -2.41. The van der Waals surface area contributed by atoms with E-state index < -0.39 is 5.82 Å². The Morgan fingerprint density at radius 1 is 1.28 bits per heavy atom. The minimum atomic E-state index is -0.416. The molecular weight excluding hydrogens is 323 g/mol. The third-order valence-corrected chi connectivity index (χ3v) is 5.64. The summed E-state index contributed by atoms with van der Waals surface area (Å²) in [6.45, 7) is 5.81. The number of anilines is 1. The van der Waals surface area contributed by atoms with Crippen LogP contribution in [0.3, 0.4) is 0 Å². The number of piperidine rings is 1. The Balaban J connectivity index is 1.31. The van der Waals surface area contributed by atoms with Crippen molar-refractivity contribution in [2.45, 2.75) is 43.7 Å². The highest BCUT2D eigenvalue weighted by Gasteiger charge is 2.43. The quantitative estimate of drug-likeness (QED) is 0.897. The molecule has 1 aromatic heterocycles. The molecule has 3 fully saturated rings. The van der Waals surface area contributed by atoms with Gasteiger partial charge >= 0.3 is 0 Å². The van der Waals surface area contributed by atoms with Crippen LogP contribution in [0.25, 0.3) is 0 Å². The van der Waals surface area contributed by atoms with Gasteiger partial charge in [-0.25, -0.2) is 14.4 Å². The topological polar surface area (TPSA) is 59.5 Å². The Bertz CT molecular complexity index is 567. The smallest absolute Gasteiger partial charge is 0.223 e. The normalized spacial score (nSPS) is 31.5. The van der Waals surface area contributed by atoms with Crippen molar-refractivity contribution in [1.82, 2.24) is 14.9 Å². The SMILES string of the molecule is Fc1cnc(N[C@H]2CO[C@]3(CCCN(CC4CCOCC4)C3)C2)nc1. The maximum absolute atomic E-state index is 12.9. The zero-order valence-electron chi connectivity index (χ0n) is 14.6. The van der Waals surface area contributed by atoms with Gasteiger partial charge in [0, 0.05) is 32.7 Å². The van der Waals surface area contributed by atoms with Crippen LogP contribution in [0.15, 0.2) is 12.4 Å². The van der Waals surface area contributed by atoms with Gasteiger partial charge in [0.25, 0.3) is 0 Å². The summed E-state index contributed by atoms with van der Waals surface area (Å²) >= 11 is 0. The molecular formula is C18H27FN4O2. The molecule has 0 aromatic carbocycles. The van der Waals surface area contributed by atoms with Crippen LogP contribution in [-0.4, -0.2) is 66.0 Å². The molecule has 0 amide bonds. The van der Waals surface area contributed by atoms with E-state index in [1.54, 1.807) is 0 Å². The van der Waals surface area contributed by atoms with Crippen molar-refractivity contribution in [2.75, 3.05) is 44.8 Å². The molecule has 1 spiro atoms. The highest BCUT2D eigenvalue weighted by molar-refractivity contribution is 5.25. The molecule has 4 heterocycles. The van der Waals surface area contributed by atoms with Crippen LogP contribution < -0.4 is 5.32 Å². The second-order valence-electron chi connectivity index (χ2n) is 7.66. The fourth-order valence-corrected chi connectivity index (χ4v) is 4.43. The van der Waals surface area contributed by atoms with Crippen LogP contribution in [0.1, 0.15) is 32.1 Å². The van der Waals surface area contributed by atoms with Gasteiger partial charge in [-0.1, -0.05) is 0 Å². The number of hydrogen-bond acceptors (Lipinski definition) is 6. The monoisotopic (exact) mass is 350 g/mol. The van der Waals surface area contributed by atoms with E-state index in [1.165, 1.54) is 38.2 Å². The van der Waals surface area contributed by atoms with Gasteiger partial charge in [0.1, 0.15) is 0 Å². The zero-order valence-corrected chi connectivity index (χ0v) is 14.6. The van der Waals surface area contributed by atoms with Gasteiger partial charge in [-0.15, -0.1) is 0 Å². The summed E-state index contributed by atoms with van der Waals surface area (Å²) in [6, 6.07) is 0.188. The van der Waals surface area contributed by atoms with Crippen molar-refractivity contribution in [1.29, 1.82) is 0 Å². The first-order chi connectivity index (χ1) is 12.2. The van der Waals surface area contributed by atoms with Crippen molar-refractivity contribution < 1.29 is 13.9 Å². The first-order valence-corrected chi connectivity index (χ1v) is 9.39. The molecule has 0 unspecified atom stereocenters. The highest BCUT2D eigenvalue weighted by Crippen LogP contribution is 2.36. The minimum absolute atomic E-state index is 0.0545. The van der Waals surface area contributed by atoms with Crippen molar-refractivity contribution in [2.24, 2.45) is 5.92 Å². The van der Waals surface area contributed by atoms with E-state index in [9.17, 15) is 4.39 Å². The summed E-state index contributed by atoms with van der Waals surface area (Å²) in [5.74, 6) is 0.814. The number of nitrogens with zero attached hydrogens (tertiary/aromatic N) is 3. The molecule has 0 saturated carbocycles. The molecule has 138 valence electrons. The van der Waals surface area contributed by atoms with Gasteiger partial charge in [-0.05, 0) is 38.1 Å². The molecule has 0 aliphatic carbocycles. The Morgan fingerprint density at radius 3 is 2.88 bits per heavy atom. The van der Waals surface area contributed by atoms with E-state index in [0.29, 0.717) is 12.6 Å². The maximum Gasteiger partial charge on any atom is 0.223 e. The first-order valence-electron chi connectivity index (χ1n) is 9.39. The van der Waals surface area contributed by atoms with Gasteiger partial charge in [0.05, 0.1) is 30.6 Å². The second kappa shape index (κ2) is 7.51. The van der Waals surface area contributed by atoms with Crippen LogP contribution in [0, 0.1) is 11.7 Å². The summed E-state index contributed by atoms with van der Waals surface area (Å²) in [6.07, 6.45) is 7.99. The number of nitrogens with one attached hydrogen (secondary N) is 1. The summed E-state index contributed by atoms with van der Waals surface area (Å²) in [5, 5.41) is 3.29. The Morgan fingerprint density at radius 2 is 2.08 bits per heavy atom. The predicted molar refractivity (Wildman–Crippen MR) is 91.9 cm³/mol. The van der Waals surface area contributed by atoms with Crippen molar-refractivity contribution >= 4 is 5.95 Å². The lowest BCUT2D eigenvalue weighted by Crippen LogP contribution is -2.49. The molecule has 0 bridgehead atoms. The number of ether oxygens (including phenoxy) is 2. The number of likely N-dealkylation sites (tertiary alicyclic amines) is 1. The van der Waals surface area contributed by atoms with E-state index in [1.807, 2.05) is 0 Å². The third-order valence-electron chi connectivity index (χ3n) is 5.64. The van der Waals surface area contributed by atoms with Crippen molar-refractivity contribution in [3.8, 4) is 0 Å². The fraction of sp³-hybridized carbons (Fsp3) is 0.778. The fourth-order valence-electron chi connectivity index (χ4n) is 4.43. The molecule has 4 rings (SSSR count). The van der Waals surface area contributed by atoms with E-state index in [-0.39, 0.29) is 11.6 Å². The molecule has 3 aliphatic rings. The van der Waals surface area contributed by atoms with Gasteiger partial charge in [0.15, 0.2) is 5.82 Å². The summed E-state index contributed by atoms with van der Waals surface area (Å²) in [7, 11) is 0. The lowest BCUT2D eigenvalue weighted by atomic mass is 9.87. The molecule has 6 nitrogen and oxygen atoms in total. The standard InChI is InChI=1S/C18H27FN4O2/c19-15-9-20-17(21-10-15)22-16-8-18(25-12-16)4-1-5-23(13-18)11-14-2-6-24-7-3-14/h9-10,14,16H,1-8,11-13H2,(H,20,21,22)/t16-,18-/m1/s1. The van der Waals surface area contributed by atoms with Gasteiger partial charge < -0.3 is 19.7 Å². The number of halogens is 1. The molecule has 1 N–H and O–H groups in total. The zero-order chi connectivity index (χ0) is 17.1. The van der Waals surface area contributed by atoms with Crippen LogP contribution in [0.2, 0.25) is 0 Å². The van der Waals surface area contributed by atoms with Crippen molar-refractivity contribution in [3.05, 3.63) is 18.2 Å². The molecule has 0 radical (unpaired) electrons. The first kappa shape index (κ1) is 17.1. The number of hydrogen-bond donors (Lipinski definition) is 1. The number of aromatic nitrogens is 2. The maximum atomic E-state index is 12.9. The number of rotatable bonds is 4. The summed E-state index contributed by atoms with van der Waals surface area (Å²) in [4.78, 5) is 10.6. The Hall–Kier alpha value is -1.31. The predicted octanol–water partition coefficient (Wildman–Crippen LogP) is 2.08. The van der Waals surface area contributed by atoms with E-state index >= 15 is 0 Å². The Kier molecular flexibility index (Phi) is 5.15. The van der Waals surface area contributed by atoms with Crippen LogP contribution in [-0.2, 0) is 9.47 Å². The average Bonchev–Trinajstić information content (AvgIpc) is 3.00. The van der Waals surface area contributed by atoms with Gasteiger partial charge in [-0.3, -0.25) is 0 Å². The molecule has 2 atom stereocenters. The minimum Gasteiger partial charge on any atom is -0.381 e. The summed E-state index contributed by atoms with van der Waals surface area (Å²) < 4.78 is 24.7.